The third kappa shape index (κ3) is 8.73. The molecule has 0 aromatic heterocycles. The molecular formula is C33H38N2O7. The normalized spacial score (nSPS) is 14.7. The smallest absolute Gasteiger partial charge is 0.407 e. The van der Waals surface area contributed by atoms with Crippen molar-refractivity contribution in [1.82, 2.24) is 10.2 Å². The zero-order valence-corrected chi connectivity index (χ0v) is 24.6. The lowest BCUT2D eigenvalue weighted by molar-refractivity contribution is -0.140. The summed E-state index contributed by atoms with van der Waals surface area (Å²) < 4.78 is 22.1. The molecule has 1 aliphatic rings. The van der Waals surface area contributed by atoms with E-state index in [0.29, 0.717) is 36.6 Å². The lowest BCUT2D eigenvalue weighted by Gasteiger charge is -2.24. The van der Waals surface area contributed by atoms with E-state index in [2.05, 4.69) is 5.32 Å². The average molecular weight is 575 g/mol. The van der Waals surface area contributed by atoms with Gasteiger partial charge in [-0.15, -0.1) is 0 Å². The van der Waals surface area contributed by atoms with Gasteiger partial charge in [0.15, 0.2) is 0 Å². The summed E-state index contributed by atoms with van der Waals surface area (Å²) in [5, 5.41) is 2.66. The van der Waals surface area contributed by atoms with Crippen LogP contribution in [0.15, 0.2) is 72.8 Å². The maximum atomic E-state index is 13.7. The molecule has 0 aliphatic carbocycles. The van der Waals surface area contributed by atoms with Gasteiger partial charge in [-0.25, -0.2) is 4.79 Å². The molecular weight excluding hydrogens is 536 g/mol. The molecule has 0 saturated heterocycles. The molecule has 0 radical (unpaired) electrons. The van der Waals surface area contributed by atoms with Crippen LogP contribution >= 0.6 is 0 Å². The molecule has 222 valence electrons. The highest BCUT2D eigenvalue weighted by Gasteiger charge is 2.30. The summed E-state index contributed by atoms with van der Waals surface area (Å²) in [6.07, 6.45) is -0.0381. The molecule has 0 bridgehead atoms. The summed E-state index contributed by atoms with van der Waals surface area (Å²) >= 11 is 0. The minimum absolute atomic E-state index is 0.101. The van der Waals surface area contributed by atoms with Crippen LogP contribution < -0.4 is 14.8 Å². The van der Waals surface area contributed by atoms with E-state index < -0.39 is 11.7 Å². The predicted octanol–water partition coefficient (Wildman–Crippen LogP) is 5.27. The van der Waals surface area contributed by atoms with Gasteiger partial charge < -0.3 is 29.2 Å². The third-order valence-corrected chi connectivity index (χ3v) is 6.56. The van der Waals surface area contributed by atoms with E-state index in [-0.39, 0.29) is 37.6 Å². The van der Waals surface area contributed by atoms with Crippen molar-refractivity contribution in [2.24, 2.45) is 0 Å². The summed E-state index contributed by atoms with van der Waals surface area (Å²) in [5.41, 5.74) is 2.74. The summed E-state index contributed by atoms with van der Waals surface area (Å²) in [4.78, 5) is 39.0. The van der Waals surface area contributed by atoms with E-state index >= 15 is 0 Å². The molecule has 1 atom stereocenters. The van der Waals surface area contributed by atoms with Crippen LogP contribution in [0, 0.1) is 0 Å². The lowest BCUT2D eigenvalue weighted by Crippen LogP contribution is -2.39. The number of alkyl carbamates (subject to hydrolysis) is 1. The number of hydrogen-bond donors (Lipinski definition) is 1. The van der Waals surface area contributed by atoms with Crippen LogP contribution in [0.1, 0.15) is 43.1 Å². The highest BCUT2D eigenvalue weighted by molar-refractivity contribution is 5.98. The van der Waals surface area contributed by atoms with Crippen molar-refractivity contribution in [3.05, 3.63) is 83.9 Å². The molecule has 42 heavy (non-hydrogen) atoms. The zero-order valence-electron chi connectivity index (χ0n) is 24.6. The first-order valence-corrected chi connectivity index (χ1v) is 14.0. The summed E-state index contributed by atoms with van der Waals surface area (Å²) in [6, 6.07) is 23.1. The van der Waals surface area contributed by atoms with Crippen LogP contribution in [0.5, 0.6) is 11.5 Å². The van der Waals surface area contributed by atoms with Gasteiger partial charge in [0.05, 0.1) is 32.2 Å². The number of amides is 2. The minimum atomic E-state index is -0.557. The largest absolute Gasteiger partial charge is 0.492 e. The maximum absolute atomic E-state index is 13.7. The van der Waals surface area contributed by atoms with Crippen molar-refractivity contribution in [3.63, 3.8) is 0 Å². The predicted molar refractivity (Wildman–Crippen MR) is 159 cm³/mol. The molecule has 9 heteroatoms. The maximum Gasteiger partial charge on any atom is 0.407 e. The van der Waals surface area contributed by atoms with Crippen LogP contribution in [0.2, 0.25) is 0 Å². The van der Waals surface area contributed by atoms with Crippen LogP contribution in [0.25, 0.3) is 11.1 Å². The number of carbonyl (C=O) groups excluding carboxylic acids is 3. The van der Waals surface area contributed by atoms with Gasteiger partial charge in [-0.2, -0.15) is 0 Å². The second-order valence-electron chi connectivity index (χ2n) is 11.0. The number of hydrogen-bond acceptors (Lipinski definition) is 7. The second-order valence-corrected chi connectivity index (χ2v) is 11.0. The van der Waals surface area contributed by atoms with E-state index in [1.54, 1.807) is 4.90 Å². The first-order valence-electron chi connectivity index (χ1n) is 14.0. The monoisotopic (exact) mass is 574 g/mol. The minimum Gasteiger partial charge on any atom is -0.492 e. The van der Waals surface area contributed by atoms with Crippen molar-refractivity contribution in [1.29, 1.82) is 0 Å². The van der Waals surface area contributed by atoms with E-state index in [1.807, 2.05) is 93.6 Å². The van der Waals surface area contributed by atoms with Crippen molar-refractivity contribution in [2.45, 2.75) is 45.3 Å². The molecule has 9 nitrogen and oxygen atoms in total. The van der Waals surface area contributed by atoms with Gasteiger partial charge in [-0.3, -0.25) is 9.59 Å². The molecule has 1 aliphatic heterocycles. The van der Waals surface area contributed by atoms with Gasteiger partial charge in [0.1, 0.15) is 29.8 Å². The molecule has 0 spiro atoms. The Bertz CT molecular complexity index is 1370. The molecule has 0 saturated carbocycles. The number of esters is 1. The fraction of sp³-hybridized carbons (Fsp3) is 0.364. The lowest BCUT2D eigenvalue weighted by atomic mass is 10.0. The first-order chi connectivity index (χ1) is 20.1. The Labute approximate surface area is 246 Å². The summed E-state index contributed by atoms with van der Waals surface area (Å²) in [6.45, 7) is 6.60. The van der Waals surface area contributed by atoms with E-state index in [4.69, 9.17) is 18.9 Å². The number of fused-ring (bicyclic) bond motifs is 1. The van der Waals surface area contributed by atoms with Crippen LogP contribution in [-0.4, -0.2) is 67.9 Å². The van der Waals surface area contributed by atoms with E-state index in [9.17, 15) is 14.4 Å². The molecule has 0 fully saturated rings. The Kier molecular flexibility index (Phi) is 10.1. The Hall–Kier alpha value is -4.53. The molecule has 3 aromatic carbocycles. The van der Waals surface area contributed by atoms with Crippen molar-refractivity contribution < 1.29 is 33.3 Å². The fourth-order valence-electron chi connectivity index (χ4n) is 4.58. The number of carbonyl (C=O) groups is 3. The SMILES string of the molecule is COC(=O)CCN1CC(Cc2ccccc2)Oc2ccc(-c3ccc(OCCNC(=O)OC(C)(C)C)cc3)cc2C1=O. The van der Waals surface area contributed by atoms with Gasteiger partial charge >= 0.3 is 12.1 Å². The van der Waals surface area contributed by atoms with Crippen LogP contribution in [-0.2, 0) is 20.7 Å². The van der Waals surface area contributed by atoms with Crippen LogP contribution in [0.3, 0.4) is 0 Å². The standard InChI is InChI=1S/C33H38N2O7/c1-33(2,3)42-32(38)34-17-19-40-26-13-10-24(11-14-26)25-12-15-29-28(21-25)31(37)35(18-16-30(36)39-4)22-27(41-29)20-23-8-6-5-7-9-23/h5-15,21,27H,16-20,22H2,1-4H3,(H,34,38). The number of nitrogens with zero attached hydrogens (tertiary/aromatic N) is 1. The van der Waals surface area contributed by atoms with Gasteiger partial charge in [-0.05, 0) is 61.7 Å². The van der Waals surface area contributed by atoms with E-state index in [1.165, 1.54) is 7.11 Å². The summed E-state index contributed by atoms with van der Waals surface area (Å²) in [5.74, 6) is 0.604. The number of ether oxygens (including phenoxy) is 4. The Morgan fingerprint density at radius 3 is 2.40 bits per heavy atom. The first kappa shape index (κ1) is 30.4. The van der Waals surface area contributed by atoms with Gasteiger partial charge in [0.25, 0.3) is 5.91 Å². The Morgan fingerprint density at radius 2 is 1.71 bits per heavy atom. The average Bonchev–Trinajstić information content (AvgIpc) is 3.09. The number of benzene rings is 3. The zero-order chi connectivity index (χ0) is 30.1. The molecule has 4 rings (SSSR count). The summed E-state index contributed by atoms with van der Waals surface area (Å²) in [7, 11) is 1.34. The van der Waals surface area contributed by atoms with Crippen molar-refractivity contribution in [3.8, 4) is 22.6 Å². The second kappa shape index (κ2) is 13.9. The van der Waals surface area contributed by atoms with Gasteiger partial charge in [-0.1, -0.05) is 48.5 Å². The van der Waals surface area contributed by atoms with Crippen LogP contribution in [0.4, 0.5) is 4.79 Å². The van der Waals surface area contributed by atoms with Gasteiger partial charge in [0, 0.05) is 13.0 Å². The Morgan fingerprint density at radius 1 is 1.00 bits per heavy atom. The third-order valence-electron chi connectivity index (χ3n) is 6.56. The quantitative estimate of drug-likeness (QED) is 0.260. The van der Waals surface area contributed by atoms with Gasteiger partial charge in [0.2, 0.25) is 0 Å². The van der Waals surface area contributed by atoms with Crippen molar-refractivity contribution in [2.75, 3.05) is 33.4 Å². The number of rotatable bonds is 10. The highest BCUT2D eigenvalue weighted by Crippen LogP contribution is 2.32. The number of nitrogens with one attached hydrogen (secondary N) is 1. The number of methoxy groups -OCH3 is 1. The molecule has 1 unspecified atom stereocenters. The van der Waals surface area contributed by atoms with Crippen molar-refractivity contribution >= 4 is 18.0 Å². The topological polar surface area (TPSA) is 103 Å². The van der Waals surface area contributed by atoms with E-state index in [0.717, 1.165) is 16.7 Å². The Balaban J connectivity index is 1.46. The molecule has 3 aromatic rings. The molecule has 2 amide bonds. The molecule has 1 heterocycles. The molecule has 1 N–H and O–H groups in total. The highest BCUT2D eigenvalue weighted by atomic mass is 16.6. The fourth-order valence-corrected chi connectivity index (χ4v) is 4.58.